The van der Waals surface area contributed by atoms with Crippen LogP contribution >= 0.6 is 0 Å². The van der Waals surface area contributed by atoms with E-state index >= 15 is 0 Å². The van der Waals surface area contributed by atoms with Crippen molar-refractivity contribution in [2.45, 2.75) is 26.3 Å². The second kappa shape index (κ2) is 6.01. The Morgan fingerprint density at radius 3 is 2.95 bits per heavy atom. The van der Waals surface area contributed by atoms with Crippen LogP contribution in [0.15, 0.2) is 35.0 Å². The number of carbonyl (C=O) groups is 1. The lowest BCUT2D eigenvalue weighted by Gasteiger charge is -2.14. The molecule has 0 aliphatic carbocycles. The molecule has 2 N–H and O–H groups in total. The molecule has 1 amide bonds. The Hall–Kier alpha value is -2.63. The Balaban J connectivity index is 1.92. The normalized spacial score (nSPS) is 12.5. The van der Waals surface area contributed by atoms with E-state index in [0.29, 0.717) is 17.9 Å². The zero-order chi connectivity index (χ0) is 15.5. The Morgan fingerprint density at radius 2 is 2.14 bits per heavy atom. The molecule has 6 heteroatoms. The van der Waals surface area contributed by atoms with Crippen LogP contribution in [-0.4, -0.2) is 28.5 Å². The minimum atomic E-state index is -0.405. The summed E-state index contributed by atoms with van der Waals surface area (Å²) in [6.07, 6.45) is 2.38. The molecule has 1 unspecified atom stereocenters. The minimum absolute atomic E-state index is 0.0651. The molecule has 0 fully saturated rings. The van der Waals surface area contributed by atoms with Crippen molar-refractivity contribution in [2.24, 2.45) is 0 Å². The maximum atomic E-state index is 12.0. The number of aromatic nitrogens is 2. The van der Waals surface area contributed by atoms with E-state index in [1.54, 1.807) is 6.92 Å². The molecule has 1 atom stereocenters. The first-order valence-corrected chi connectivity index (χ1v) is 7.37. The summed E-state index contributed by atoms with van der Waals surface area (Å²) in [6, 6.07) is 7.28. The molecule has 0 saturated heterocycles. The number of amides is 1. The van der Waals surface area contributed by atoms with Crippen LogP contribution in [-0.2, 0) is 4.79 Å². The lowest BCUT2D eigenvalue weighted by Crippen LogP contribution is -2.38. The third-order valence-electron chi connectivity index (χ3n) is 3.45. The van der Waals surface area contributed by atoms with Crippen LogP contribution in [0.4, 0.5) is 5.82 Å². The van der Waals surface area contributed by atoms with Crippen molar-refractivity contribution in [3.05, 3.63) is 30.6 Å². The molecule has 114 valence electrons. The molecule has 0 radical (unpaired) electrons. The quantitative estimate of drug-likeness (QED) is 0.757. The van der Waals surface area contributed by atoms with Gasteiger partial charge in [0.1, 0.15) is 23.5 Å². The fourth-order valence-electron chi connectivity index (χ4n) is 2.30. The molecular formula is C16H18N4O2. The van der Waals surface area contributed by atoms with E-state index in [0.717, 1.165) is 22.9 Å². The van der Waals surface area contributed by atoms with Gasteiger partial charge in [-0.1, -0.05) is 19.1 Å². The highest BCUT2D eigenvalue weighted by Gasteiger charge is 2.17. The lowest BCUT2D eigenvalue weighted by molar-refractivity contribution is -0.121. The summed E-state index contributed by atoms with van der Waals surface area (Å²) in [5.74, 6) is 0.463. The van der Waals surface area contributed by atoms with Gasteiger partial charge in [0.25, 0.3) is 0 Å². The van der Waals surface area contributed by atoms with Gasteiger partial charge >= 0.3 is 0 Å². The number of rotatable bonds is 5. The van der Waals surface area contributed by atoms with Crippen LogP contribution in [0.2, 0.25) is 0 Å². The fraction of sp³-hybridized carbons (Fsp3) is 0.312. The Bertz CT molecular complexity index is 812. The van der Waals surface area contributed by atoms with Gasteiger partial charge in [0.05, 0.1) is 0 Å². The molecule has 0 aliphatic heterocycles. The number of hydrogen-bond acceptors (Lipinski definition) is 5. The minimum Gasteiger partial charge on any atom is -0.450 e. The molecular weight excluding hydrogens is 280 g/mol. The van der Waals surface area contributed by atoms with Crippen LogP contribution in [0.5, 0.6) is 0 Å². The summed E-state index contributed by atoms with van der Waals surface area (Å²) in [7, 11) is 0. The van der Waals surface area contributed by atoms with Crippen molar-refractivity contribution in [3.63, 3.8) is 0 Å². The van der Waals surface area contributed by atoms with Crippen molar-refractivity contribution in [2.75, 3.05) is 11.9 Å². The molecule has 22 heavy (non-hydrogen) atoms. The molecule has 1 aromatic carbocycles. The highest BCUT2D eigenvalue weighted by Crippen LogP contribution is 2.30. The molecule has 6 nitrogen and oxygen atoms in total. The highest BCUT2D eigenvalue weighted by atomic mass is 16.3. The van der Waals surface area contributed by atoms with E-state index in [-0.39, 0.29) is 5.91 Å². The zero-order valence-corrected chi connectivity index (χ0v) is 12.6. The van der Waals surface area contributed by atoms with Crippen molar-refractivity contribution >= 4 is 33.8 Å². The van der Waals surface area contributed by atoms with Crippen LogP contribution < -0.4 is 10.6 Å². The van der Waals surface area contributed by atoms with E-state index in [4.69, 9.17) is 4.42 Å². The average Bonchev–Trinajstić information content (AvgIpc) is 2.92. The zero-order valence-electron chi connectivity index (χ0n) is 12.6. The van der Waals surface area contributed by atoms with Gasteiger partial charge in [-0.05, 0) is 25.5 Å². The standard InChI is InChI=1S/C16H18N4O2/c1-3-8-17-16(21)10(2)20-15-14-13(18-9-19-15)11-6-4-5-7-12(11)22-14/h4-7,9-10H,3,8H2,1-2H3,(H,17,21)(H,18,19,20). The van der Waals surface area contributed by atoms with Crippen LogP contribution in [0.25, 0.3) is 22.1 Å². The monoisotopic (exact) mass is 298 g/mol. The molecule has 0 bridgehead atoms. The Kier molecular flexibility index (Phi) is 3.91. The number of benzene rings is 1. The topological polar surface area (TPSA) is 80.0 Å². The fourth-order valence-corrected chi connectivity index (χ4v) is 2.30. The van der Waals surface area contributed by atoms with Crippen LogP contribution in [0.3, 0.4) is 0 Å². The van der Waals surface area contributed by atoms with Crippen molar-refractivity contribution in [1.82, 2.24) is 15.3 Å². The predicted molar refractivity (Wildman–Crippen MR) is 85.7 cm³/mol. The van der Waals surface area contributed by atoms with Crippen LogP contribution in [0, 0.1) is 0 Å². The van der Waals surface area contributed by atoms with E-state index in [9.17, 15) is 4.79 Å². The number of anilines is 1. The molecule has 0 aliphatic rings. The maximum Gasteiger partial charge on any atom is 0.242 e. The smallest absolute Gasteiger partial charge is 0.242 e. The molecule has 2 heterocycles. The van der Waals surface area contributed by atoms with E-state index in [2.05, 4.69) is 20.6 Å². The van der Waals surface area contributed by atoms with Gasteiger partial charge in [-0.3, -0.25) is 4.79 Å². The molecule has 2 aromatic heterocycles. The largest absolute Gasteiger partial charge is 0.450 e. The Labute approximate surface area is 127 Å². The SMILES string of the molecule is CCCNC(=O)C(C)Nc1ncnc2c1oc1ccccc12. The third kappa shape index (κ3) is 2.59. The summed E-state index contributed by atoms with van der Waals surface area (Å²) in [5.41, 5.74) is 2.07. The molecule has 0 spiro atoms. The summed E-state index contributed by atoms with van der Waals surface area (Å²) in [4.78, 5) is 20.5. The first-order valence-electron chi connectivity index (χ1n) is 7.37. The molecule has 3 aromatic rings. The van der Waals surface area contributed by atoms with Gasteiger partial charge in [0, 0.05) is 11.9 Å². The second-order valence-electron chi connectivity index (χ2n) is 5.16. The first-order chi connectivity index (χ1) is 10.7. The summed E-state index contributed by atoms with van der Waals surface area (Å²) in [5, 5.41) is 6.89. The van der Waals surface area contributed by atoms with Crippen molar-refractivity contribution < 1.29 is 9.21 Å². The Morgan fingerprint density at radius 1 is 1.32 bits per heavy atom. The number of hydrogen-bond donors (Lipinski definition) is 2. The van der Waals surface area contributed by atoms with Crippen molar-refractivity contribution in [1.29, 1.82) is 0 Å². The summed E-state index contributed by atoms with van der Waals surface area (Å²) in [6.45, 7) is 4.47. The molecule has 3 rings (SSSR count). The third-order valence-corrected chi connectivity index (χ3v) is 3.45. The van der Waals surface area contributed by atoms with Gasteiger partial charge < -0.3 is 15.1 Å². The van der Waals surface area contributed by atoms with Crippen LogP contribution in [0.1, 0.15) is 20.3 Å². The summed E-state index contributed by atoms with van der Waals surface area (Å²) < 4.78 is 5.83. The number of furan rings is 1. The first kappa shape index (κ1) is 14.3. The molecule has 0 saturated carbocycles. The summed E-state index contributed by atoms with van der Waals surface area (Å²) >= 11 is 0. The van der Waals surface area contributed by atoms with Gasteiger partial charge in [-0.15, -0.1) is 0 Å². The van der Waals surface area contributed by atoms with Gasteiger partial charge in [0.2, 0.25) is 5.91 Å². The second-order valence-corrected chi connectivity index (χ2v) is 5.16. The predicted octanol–water partition coefficient (Wildman–Crippen LogP) is 2.70. The van der Waals surface area contributed by atoms with Crippen molar-refractivity contribution in [3.8, 4) is 0 Å². The average molecular weight is 298 g/mol. The number of fused-ring (bicyclic) bond motifs is 3. The van der Waals surface area contributed by atoms with E-state index in [1.165, 1.54) is 6.33 Å². The highest BCUT2D eigenvalue weighted by molar-refractivity contribution is 6.05. The van der Waals surface area contributed by atoms with E-state index < -0.39 is 6.04 Å². The lowest BCUT2D eigenvalue weighted by atomic mass is 10.2. The van der Waals surface area contributed by atoms with Gasteiger partial charge in [-0.2, -0.15) is 0 Å². The van der Waals surface area contributed by atoms with Gasteiger partial charge in [-0.25, -0.2) is 9.97 Å². The number of nitrogens with one attached hydrogen (secondary N) is 2. The van der Waals surface area contributed by atoms with E-state index in [1.807, 2.05) is 31.2 Å². The number of carbonyl (C=O) groups excluding carboxylic acids is 1. The number of nitrogens with zero attached hydrogens (tertiary/aromatic N) is 2. The maximum absolute atomic E-state index is 12.0. The number of para-hydroxylation sites is 1. The van der Waals surface area contributed by atoms with Gasteiger partial charge in [0.15, 0.2) is 11.4 Å².